The highest BCUT2D eigenvalue weighted by atomic mass is 16.5. The third-order valence-corrected chi connectivity index (χ3v) is 5.32. The summed E-state index contributed by atoms with van der Waals surface area (Å²) < 4.78 is 5.63. The molecule has 2 heterocycles. The molecule has 0 bridgehead atoms. The van der Waals surface area contributed by atoms with Crippen LogP contribution in [0.3, 0.4) is 0 Å². The number of hydrogen-bond donors (Lipinski definition) is 2. The summed E-state index contributed by atoms with van der Waals surface area (Å²) in [6.07, 6.45) is 2.91. The van der Waals surface area contributed by atoms with Gasteiger partial charge in [-0.05, 0) is 50.4 Å². The maximum absolute atomic E-state index is 11.3. The van der Waals surface area contributed by atoms with Gasteiger partial charge in [0.05, 0.1) is 12.2 Å². The predicted octanol–water partition coefficient (Wildman–Crippen LogP) is 1.54. The van der Waals surface area contributed by atoms with Crippen molar-refractivity contribution in [2.75, 3.05) is 19.8 Å². The number of nitrogens with two attached hydrogens (primary N) is 1. The number of hydrogen-bond acceptors (Lipinski definition) is 4. The third kappa shape index (κ3) is 3.57. The number of carbonyl (C=O) groups is 1. The number of ether oxygens (including phenoxy) is 1. The molecule has 3 rings (SSSR count). The number of rotatable bonds is 4. The second kappa shape index (κ2) is 6.59. The first-order chi connectivity index (χ1) is 11.0. The van der Waals surface area contributed by atoms with Crippen LogP contribution in [0.2, 0.25) is 0 Å². The Morgan fingerprint density at radius 2 is 2.35 bits per heavy atom. The van der Waals surface area contributed by atoms with Gasteiger partial charge in [-0.3, -0.25) is 9.69 Å². The van der Waals surface area contributed by atoms with E-state index in [1.165, 1.54) is 0 Å². The SMILES string of the molecule is C[C@]1(O)CCOC[C@@H]1[C@H]1CCCN1Cc1cccc(C(N)=O)c1. The minimum absolute atomic E-state index is 0.137. The van der Waals surface area contributed by atoms with Crippen LogP contribution in [0, 0.1) is 5.92 Å². The highest BCUT2D eigenvalue weighted by Crippen LogP contribution is 2.36. The molecule has 3 N–H and O–H groups in total. The van der Waals surface area contributed by atoms with Crippen LogP contribution in [-0.4, -0.2) is 47.3 Å². The first-order valence-corrected chi connectivity index (χ1v) is 8.40. The zero-order chi connectivity index (χ0) is 16.4. The molecule has 2 saturated heterocycles. The van der Waals surface area contributed by atoms with E-state index < -0.39 is 11.5 Å². The average Bonchev–Trinajstić information content (AvgIpc) is 2.95. The molecule has 1 aromatic carbocycles. The minimum atomic E-state index is -0.666. The molecular formula is C18H26N2O3. The Labute approximate surface area is 137 Å². The lowest BCUT2D eigenvalue weighted by Crippen LogP contribution is -2.52. The van der Waals surface area contributed by atoms with Gasteiger partial charge in [0, 0.05) is 30.7 Å². The smallest absolute Gasteiger partial charge is 0.248 e. The highest BCUT2D eigenvalue weighted by Gasteiger charge is 2.43. The van der Waals surface area contributed by atoms with Crippen LogP contribution in [0.15, 0.2) is 24.3 Å². The Kier molecular flexibility index (Phi) is 4.71. The van der Waals surface area contributed by atoms with Gasteiger partial charge in [-0.1, -0.05) is 12.1 Å². The van der Waals surface area contributed by atoms with Gasteiger partial charge in [0.2, 0.25) is 5.91 Å². The molecule has 0 spiro atoms. The molecule has 23 heavy (non-hydrogen) atoms. The molecule has 1 aromatic rings. The number of primary amides is 1. The van der Waals surface area contributed by atoms with Crippen LogP contribution in [0.25, 0.3) is 0 Å². The van der Waals surface area contributed by atoms with Crippen molar-refractivity contribution in [2.45, 2.75) is 44.4 Å². The highest BCUT2D eigenvalue weighted by molar-refractivity contribution is 5.92. The van der Waals surface area contributed by atoms with E-state index in [1.807, 2.05) is 25.1 Å². The lowest BCUT2D eigenvalue weighted by Gasteiger charge is -2.43. The second-order valence-corrected chi connectivity index (χ2v) is 7.03. The van der Waals surface area contributed by atoms with Crippen LogP contribution in [0.1, 0.15) is 42.1 Å². The van der Waals surface area contributed by atoms with E-state index in [9.17, 15) is 9.90 Å². The maximum atomic E-state index is 11.3. The Morgan fingerprint density at radius 1 is 1.52 bits per heavy atom. The molecule has 2 aliphatic heterocycles. The van der Waals surface area contributed by atoms with Gasteiger partial charge in [-0.2, -0.15) is 0 Å². The molecule has 0 unspecified atom stereocenters. The van der Waals surface area contributed by atoms with E-state index in [-0.39, 0.29) is 5.92 Å². The van der Waals surface area contributed by atoms with Crippen LogP contribution in [0.5, 0.6) is 0 Å². The quantitative estimate of drug-likeness (QED) is 0.883. The number of benzene rings is 1. The zero-order valence-corrected chi connectivity index (χ0v) is 13.7. The Hall–Kier alpha value is -1.43. The van der Waals surface area contributed by atoms with Crippen LogP contribution in [0.4, 0.5) is 0 Å². The van der Waals surface area contributed by atoms with E-state index in [4.69, 9.17) is 10.5 Å². The summed E-state index contributed by atoms with van der Waals surface area (Å²) in [5, 5.41) is 10.7. The van der Waals surface area contributed by atoms with Crippen molar-refractivity contribution in [3.8, 4) is 0 Å². The topological polar surface area (TPSA) is 75.8 Å². The molecular weight excluding hydrogens is 292 g/mol. The molecule has 5 heteroatoms. The van der Waals surface area contributed by atoms with Gasteiger partial charge >= 0.3 is 0 Å². The van der Waals surface area contributed by atoms with Gasteiger partial charge in [0.1, 0.15) is 0 Å². The van der Waals surface area contributed by atoms with Crippen LogP contribution < -0.4 is 5.73 Å². The van der Waals surface area contributed by atoms with Gasteiger partial charge in [0.15, 0.2) is 0 Å². The predicted molar refractivity (Wildman–Crippen MR) is 87.9 cm³/mol. The molecule has 0 radical (unpaired) electrons. The van der Waals surface area contributed by atoms with Crippen molar-refractivity contribution >= 4 is 5.91 Å². The third-order valence-electron chi connectivity index (χ3n) is 5.32. The number of likely N-dealkylation sites (tertiary alicyclic amines) is 1. The standard InChI is InChI=1S/C18H26N2O3/c1-18(22)7-9-23-12-15(18)16-6-3-8-20(16)11-13-4-2-5-14(10-13)17(19)21/h2,4-5,10,15-16,22H,3,6-9,11-12H2,1H3,(H2,19,21)/t15-,16-,18+/m1/s1. The molecule has 126 valence electrons. The lowest BCUT2D eigenvalue weighted by atomic mass is 9.79. The fraction of sp³-hybridized carbons (Fsp3) is 0.611. The first-order valence-electron chi connectivity index (χ1n) is 8.40. The molecule has 3 atom stereocenters. The number of amides is 1. The average molecular weight is 318 g/mol. The molecule has 0 saturated carbocycles. The van der Waals surface area contributed by atoms with Crippen molar-refractivity contribution in [1.82, 2.24) is 4.90 Å². The maximum Gasteiger partial charge on any atom is 0.248 e. The summed E-state index contributed by atoms with van der Waals surface area (Å²) >= 11 is 0. The summed E-state index contributed by atoms with van der Waals surface area (Å²) in [5.41, 5.74) is 6.34. The molecule has 0 aromatic heterocycles. The van der Waals surface area contributed by atoms with E-state index in [0.717, 1.165) is 31.5 Å². The largest absolute Gasteiger partial charge is 0.390 e. The van der Waals surface area contributed by atoms with Crippen LogP contribution in [-0.2, 0) is 11.3 Å². The monoisotopic (exact) mass is 318 g/mol. The normalized spacial score (nSPS) is 32.1. The minimum Gasteiger partial charge on any atom is -0.390 e. The van der Waals surface area contributed by atoms with Crippen molar-refractivity contribution < 1.29 is 14.6 Å². The zero-order valence-electron chi connectivity index (χ0n) is 13.7. The summed E-state index contributed by atoms with van der Waals surface area (Å²) in [6, 6.07) is 7.83. The molecule has 2 aliphatic rings. The Balaban J connectivity index is 1.74. The van der Waals surface area contributed by atoms with Gasteiger partial charge in [-0.25, -0.2) is 0 Å². The van der Waals surface area contributed by atoms with E-state index in [0.29, 0.717) is 31.2 Å². The van der Waals surface area contributed by atoms with E-state index in [1.54, 1.807) is 6.07 Å². The molecule has 1 amide bonds. The fourth-order valence-corrected chi connectivity index (χ4v) is 3.94. The number of carbonyl (C=O) groups excluding carboxylic acids is 1. The molecule has 2 fully saturated rings. The Morgan fingerprint density at radius 3 is 3.09 bits per heavy atom. The summed E-state index contributed by atoms with van der Waals surface area (Å²) in [5.74, 6) is -0.258. The van der Waals surface area contributed by atoms with Gasteiger partial charge in [0.25, 0.3) is 0 Å². The molecule has 5 nitrogen and oxygen atoms in total. The van der Waals surface area contributed by atoms with E-state index >= 15 is 0 Å². The van der Waals surface area contributed by atoms with Crippen molar-refractivity contribution in [1.29, 1.82) is 0 Å². The van der Waals surface area contributed by atoms with E-state index in [2.05, 4.69) is 4.90 Å². The van der Waals surface area contributed by atoms with Gasteiger partial charge < -0.3 is 15.6 Å². The second-order valence-electron chi connectivity index (χ2n) is 7.03. The number of aliphatic hydroxyl groups is 1. The van der Waals surface area contributed by atoms with Crippen molar-refractivity contribution in [2.24, 2.45) is 11.7 Å². The summed E-state index contributed by atoms with van der Waals surface area (Å²) in [7, 11) is 0. The summed E-state index contributed by atoms with van der Waals surface area (Å²) in [4.78, 5) is 13.8. The van der Waals surface area contributed by atoms with Crippen molar-refractivity contribution in [3.05, 3.63) is 35.4 Å². The Bertz CT molecular complexity index is 573. The number of nitrogens with zero attached hydrogens (tertiary/aromatic N) is 1. The summed E-state index contributed by atoms with van der Waals surface area (Å²) in [6.45, 7) is 4.98. The lowest BCUT2D eigenvalue weighted by molar-refractivity contribution is -0.123. The first kappa shape index (κ1) is 16.4. The fourth-order valence-electron chi connectivity index (χ4n) is 3.94. The van der Waals surface area contributed by atoms with Crippen LogP contribution >= 0.6 is 0 Å². The van der Waals surface area contributed by atoms with Gasteiger partial charge in [-0.15, -0.1) is 0 Å². The molecule has 0 aliphatic carbocycles. The van der Waals surface area contributed by atoms with Crippen molar-refractivity contribution in [3.63, 3.8) is 0 Å².